The van der Waals surface area contributed by atoms with Gasteiger partial charge in [0.25, 0.3) is 5.91 Å². The lowest BCUT2D eigenvalue weighted by molar-refractivity contribution is -0.137. The Kier molecular flexibility index (Phi) is 7.99. The largest absolute Gasteiger partial charge is 0.378 e. The molecule has 10 heteroatoms. The van der Waals surface area contributed by atoms with E-state index in [0.717, 1.165) is 5.69 Å². The Morgan fingerprint density at radius 2 is 1.76 bits per heavy atom. The number of hydrogen-bond acceptors (Lipinski definition) is 6. The summed E-state index contributed by atoms with van der Waals surface area (Å²) in [5.74, 6) is -0.570. The molecule has 0 aliphatic carbocycles. The molecule has 0 aromatic heterocycles. The number of fused-ring (bicyclic) bond motifs is 1. The maximum atomic E-state index is 13.1. The first-order valence-electron chi connectivity index (χ1n) is 12.5. The van der Waals surface area contributed by atoms with Gasteiger partial charge in [0, 0.05) is 44.9 Å². The summed E-state index contributed by atoms with van der Waals surface area (Å²) in [7, 11) is 0.0557. The van der Waals surface area contributed by atoms with Crippen molar-refractivity contribution in [3.8, 4) is 0 Å². The van der Waals surface area contributed by atoms with Crippen LogP contribution in [0.3, 0.4) is 0 Å². The third-order valence-corrected chi connectivity index (χ3v) is 9.02. The molecule has 1 N–H and O–H groups in total. The normalized spacial score (nSPS) is 20.5. The topological polar surface area (TPSA) is 107 Å². The minimum absolute atomic E-state index is 0.0105. The zero-order valence-electron chi connectivity index (χ0n) is 21.5. The lowest BCUT2D eigenvalue weighted by Gasteiger charge is -2.25. The van der Waals surface area contributed by atoms with Gasteiger partial charge in [0.2, 0.25) is 15.9 Å². The number of hydrogen-bond donors (Lipinski definition) is 1. The molecule has 2 aliphatic rings. The van der Waals surface area contributed by atoms with Crippen molar-refractivity contribution in [1.29, 1.82) is 0 Å². The van der Waals surface area contributed by atoms with Crippen molar-refractivity contribution in [3.63, 3.8) is 0 Å². The first-order valence-corrected chi connectivity index (χ1v) is 14.0. The van der Waals surface area contributed by atoms with Crippen LogP contribution in [-0.4, -0.2) is 81.0 Å². The van der Waals surface area contributed by atoms with E-state index in [2.05, 4.69) is 5.32 Å². The molecular weight excluding hydrogens is 492 g/mol. The molecule has 2 heterocycles. The quantitative estimate of drug-likeness (QED) is 0.537. The van der Waals surface area contributed by atoms with Gasteiger partial charge in [0.05, 0.1) is 17.5 Å². The highest BCUT2D eigenvalue weighted by Crippen LogP contribution is 2.34. The SMILES string of the molecule is CC(CCNC(=O)c1ccc(N(C)C)cc1)CC(=O)N1CCC2C1C(=O)CN2S(=O)(=O)c1ccccc1. The average molecular weight is 527 g/mol. The van der Waals surface area contributed by atoms with Crippen molar-refractivity contribution in [2.45, 2.75) is 43.2 Å². The van der Waals surface area contributed by atoms with Crippen LogP contribution in [0.15, 0.2) is 59.5 Å². The summed E-state index contributed by atoms with van der Waals surface area (Å²) in [6.45, 7) is 2.50. The predicted molar refractivity (Wildman–Crippen MR) is 141 cm³/mol. The molecule has 37 heavy (non-hydrogen) atoms. The van der Waals surface area contributed by atoms with Gasteiger partial charge in [-0.15, -0.1) is 0 Å². The van der Waals surface area contributed by atoms with Crippen LogP contribution in [0.5, 0.6) is 0 Å². The summed E-state index contributed by atoms with van der Waals surface area (Å²) < 4.78 is 27.5. The van der Waals surface area contributed by atoms with Gasteiger partial charge in [0.15, 0.2) is 5.78 Å². The molecule has 9 nitrogen and oxygen atoms in total. The molecule has 2 saturated heterocycles. The second kappa shape index (κ2) is 11.0. The summed E-state index contributed by atoms with van der Waals surface area (Å²) in [5.41, 5.74) is 1.58. The van der Waals surface area contributed by atoms with Crippen molar-refractivity contribution in [2.75, 3.05) is 38.6 Å². The lowest BCUT2D eigenvalue weighted by atomic mass is 10.0. The molecular formula is C27H34N4O5S. The summed E-state index contributed by atoms with van der Waals surface area (Å²) in [6, 6.07) is 14.1. The number of ketones is 1. The van der Waals surface area contributed by atoms with Crippen LogP contribution in [0.1, 0.15) is 36.5 Å². The lowest BCUT2D eigenvalue weighted by Crippen LogP contribution is -2.44. The minimum atomic E-state index is -3.82. The number of amides is 2. The van der Waals surface area contributed by atoms with Gasteiger partial charge in [-0.1, -0.05) is 25.1 Å². The fourth-order valence-electron chi connectivity index (χ4n) is 5.06. The zero-order chi connectivity index (χ0) is 26.7. The average Bonchev–Trinajstić information content (AvgIpc) is 3.46. The van der Waals surface area contributed by atoms with Crippen molar-refractivity contribution < 1.29 is 22.8 Å². The fraction of sp³-hybridized carbons (Fsp3) is 0.444. The van der Waals surface area contributed by atoms with Gasteiger partial charge < -0.3 is 15.1 Å². The van der Waals surface area contributed by atoms with Crippen molar-refractivity contribution in [3.05, 3.63) is 60.2 Å². The van der Waals surface area contributed by atoms with E-state index in [9.17, 15) is 22.8 Å². The monoisotopic (exact) mass is 526 g/mol. The Hall–Kier alpha value is -3.24. The van der Waals surface area contributed by atoms with E-state index in [1.807, 2.05) is 38.1 Å². The van der Waals surface area contributed by atoms with E-state index >= 15 is 0 Å². The first kappa shape index (κ1) is 26.8. The van der Waals surface area contributed by atoms with Crippen LogP contribution in [0.25, 0.3) is 0 Å². The summed E-state index contributed by atoms with van der Waals surface area (Å²) in [5, 5.41) is 2.90. The number of nitrogens with one attached hydrogen (secondary N) is 1. The van der Waals surface area contributed by atoms with Crippen LogP contribution in [-0.2, 0) is 19.6 Å². The van der Waals surface area contributed by atoms with Gasteiger partial charge in [0.1, 0.15) is 6.04 Å². The Morgan fingerprint density at radius 1 is 1.08 bits per heavy atom. The molecule has 2 aromatic rings. The van der Waals surface area contributed by atoms with Crippen molar-refractivity contribution in [2.24, 2.45) is 5.92 Å². The van der Waals surface area contributed by atoms with E-state index in [0.29, 0.717) is 31.5 Å². The molecule has 2 fully saturated rings. The third-order valence-electron chi connectivity index (χ3n) is 7.14. The number of carbonyl (C=O) groups is 3. The molecule has 0 saturated carbocycles. The van der Waals surface area contributed by atoms with Crippen molar-refractivity contribution in [1.82, 2.24) is 14.5 Å². The van der Waals surface area contributed by atoms with Gasteiger partial charge in [-0.05, 0) is 55.2 Å². The summed E-state index contributed by atoms with van der Waals surface area (Å²) >= 11 is 0. The fourth-order valence-corrected chi connectivity index (χ4v) is 6.71. The Balaban J connectivity index is 1.29. The molecule has 3 atom stereocenters. The summed E-state index contributed by atoms with van der Waals surface area (Å²) in [6.07, 6.45) is 1.28. The molecule has 4 rings (SSSR count). The van der Waals surface area contributed by atoms with Gasteiger partial charge in [-0.2, -0.15) is 4.31 Å². The number of rotatable bonds is 9. The van der Waals surface area contributed by atoms with Crippen molar-refractivity contribution >= 4 is 33.3 Å². The smallest absolute Gasteiger partial charge is 0.251 e. The number of carbonyl (C=O) groups excluding carboxylic acids is 3. The molecule has 2 aromatic carbocycles. The molecule has 0 radical (unpaired) electrons. The first-order chi connectivity index (χ1) is 17.6. The Morgan fingerprint density at radius 3 is 2.41 bits per heavy atom. The highest BCUT2D eigenvalue weighted by Gasteiger charge is 2.53. The molecule has 2 aliphatic heterocycles. The third kappa shape index (κ3) is 5.70. The number of Topliss-reactive ketones (excluding diaryl/α,β-unsaturated/α-hetero) is 1. The van der Waals surface area contributed by atoms with Crippen LogP contribution < -0.4 is 10.2 Å². The number of sulfonamides is 1. The number of nitrogens with zero attached hydrogens (tertiary/aromatic N) is 3. The minimum Gasteiger partial charge on any atom is -0.378 e. The number of likely N-dealkylation sites (tertiary alicyclic amines) is 1. The summed E-state index contributed by atoms with van der Waals surface area (Å²) in [4.78, 5) is 42.0. The Bertz CT molecular complexity index is 1250. The highest BCUT2D eigenvalue weighted by molar-refractivity contribution is 7.89. The highest BCUT2D eigenvalue weighted by atomic mass is 32.2. The van der Waals surface area contributed by atoms with Gasteiger partial charge in [-0.25, -0.2) is 8.42 Å². The number of anilines is 1. The predicted octanol–water partition coefficient (Wildman–Crippen LogP) is 2.14. The second-order valence-corrected chi connectivity index (χ2v) is 11.9. The van der Waals surface area contributed by atoms with Crippen LogP contribution in [0.2, 0.25) is 0 Å². The van der Waals surface area contributed by atoms with Gasteiger partial charge in [-0.3, -0.25) is 14.4 Å². The van der Waals surface area contributed by atoms with E-state index in [-0.39, 0.29) is 41.4 Å². The van der Waals surface area contributed by atoms with Crippen LogP contribution in [0, 0.1) is 5.92 Å². The van der Waals surface area contributed by atoms with E-state index < -0.39 is 22.1 Å². The van der Waals surface area contributed by atoms with Crippen LogP contribution in [0.4, 0.5) is 5.69 Å². The Labute approximate surface area is 218 Å². The molecule has 0 spiro atoms. The van der Waals surface area contributed by atoms with E-state index in [1.54, 1.807) is 35.2 Å². The number of benzene rings is 2. The molecule has 3 unspecified atom stereocenters. The maximum Gasteiger partial charge on any atom is 0.251 e. The molecule has 0 bridgehead atoms. The second-order valence-electron chi connectivity index (χ2n) is 10.0. The van der Waals surface area contributed by atoms with E-state index in [4.69, 9.17) is 0 Å². The van der Waals surface area contributed by atoms with Gasteiger partial charge >= 0.3 is 0 Å². The van der Waals surface area contributed by atoms with Crippen LogP contribution >= 0.6 is 0 Å². The zero-order valence-corrected chi connectivity index (χ0v) is 22.3. The molecule has 2 amide bonds. The molecule has 198 valence electrons. The standard InChI is InChI=1S/C27H34N4O5S/c1-19(13-15-28-27(34)20-9-11-21(12-10-20)29(2)3)17-25(33)30-16-14-23-26(30)24(32)18-31(23)37(35,36)22-7-5-4-6-8-22/h4-12,19,23,26H,13-18H2,1-3H3,(H,28,34). The maximum absolute atomic E-state index is 13.1. The van der Waals surface area contributed by atoms with E-state index in [1.165, 1.54) is 16.4 Å².